The van der Waals surface area contributed by atoms with E-state index in [0.717, 1.165) is 12.8 Å². The fourth-order valence-corrected chi connectivity index (χ4v) is 2.69. The van der Waals surface area contributed by atoms with Gasteiger partial charge in [-0.1, -0.05) is 12.1 Å². The van der Waals surface area contributed by atoms with E-state index < -0.39 is 0 Å². The quantitative estimate of drug-likeness (QED) is 0.865. The van der Waals surface area contributed by atoms with Gasteiger partial charge in [-0.15, -0.1) is 0 Å². The highest BCUT2D eigenvalue weighted by atomic mass is 16.5. The van der Waals surface area contributed by atoms with Gasteiger partial charge >= 0.3 is 0 Å². The lowest BCUT2D eigenvalue weighted by atomic mass is 10.1. The molecule has 2 heterocycles. The first-order valence-corrected chi connectivity index (χ1v) is 7.63. The Bertz CT molecular complexity index is 655. The molecule has 1 saturated heterocycles. The van der Waals surface area contributed by atoms with Gasteiger partial charge in [-0.05, 0) is 12.1 Å². The second kappa shape index (κ2) is 7.09. The average Bonchev–Trinajstić information content (AvgIpc) is 2.62. The van der Waals surface area contributed by atoms with E-state index in [4.69, 9.17) is 9.47 Å². The van der Waals surface area contributed by atoms with Crippen LogP contribution in [0.2, 0.25) is 0 Å². The Kier molecular flexibility index (Phi) is 4.71. The molecule has 2 aromatic rings. The molecule has 23 heavy (non-hydrogen) atoms. The number of likely N-dealkylation sites (tertiary alicyclic amines) is 1. The highest BCUT2D eigenvalue weighted by Gasteiger charge is 2.26. The predicted octanol–water partition coefficient (Wildman–Crippen LogP) is 2.17. The summed E-state index contributed by atoms with van der Waals surface area (Å²) in [6.45, 7) is 1.31. The largest absolute Gasteiger partial charge is 0.496 e. The van der Waals surface area contributed by atoms with E-state index >= 15 is 0 Å². The summed E-state index contributed by atoms with van der Waals surface area (Å²) in [6, 6.07) is 7.30. The summed E-state index contributed by atoms with van der Waals surface area (Å²) in [5.74, 6) is 1.14. The highest BCUT2D eigenvalue weighted by molar-refractivity contribution is 5.97. The van der Waals surface area contributed by atoms with E-state index in [0.29, 0.717) is 30.3 Å². The van der Waals surface area contributed by atoms with Crippen LogP contribution in [-0.4, -0.2) is 47.1 Å². The number of hydrogen-bond donors (Lipinski definition) is 0. The molecule has 6 heteroatoms. The lowest BCUT2D eigenvalue weighted by Gasteiger charge is -2.32. The lowest BCUT2D eigenvalue weighted by molar-refractivity contribution is 0.0584. The molecule has 120 valence electrons. The van der Waals surface area contributed by atoms with Crippen molar-refractivity contribution in [1.29, 1.82) is 0 Å². The minimum Gasteiger partial charge on any atom is -0.496 e. The number of nitrogens with zero attached hydrogens (tertiary/aromatic N) is 3. The molecule has 1 fully saturated rings. The molecular weight excluding hydrogens is 294 g/mol. The second-order valence-electron chi connectivity index (χ2n) is 5.35. The van der Waals surface area contributed by atoms with Gasteiger partial charge in [0, 0.05) is 38.3 Å². The molecule has 0 unspecified atom stereocenters. The van der Waals surface area contributed by atoms with Crippen LogP contribution in [-0.2, 0) is 0 Å². The summed E-state index contributed by atoms with van der Waals surface area (Å²) < 4.78 is 11.1. The summed E-state index contributed by atoms with van der Waals surface area (Å²) in [4.78, 5) is 22.6. The Hall–Kier alpha value is -2.63. The van der Waals surface area contributed by atoms with E-state index in [-0.39, 0.29) is 12.0 Å². The zero-order valence-corrected chi connectivity index (χ0v) is 13.0. The Morgan fingerprint density at radius 2 is 2.00 bits per heavy atom. The van der Waals surface area contributed by atoms with Crippen molar-refractivity contribution in [2.75, 3.05) is 20.2 Å². The number of rotatable bonds is 4. The fourth-order valence-electron chi connectivity index (χ4n) is 2.69. The first-order valence-electron chi connectivity index (χ1n) is 7.63. The molecule has 0 atom stereocenters. The van der Waals surface area contributed by atoms with Crippen molar-refractivity contribution in [2.45, 2.75) is 18.9 Å². The van der Waals surface area contributed by atoms with Gasteiger partial charge in [0.2, 0.25) is 5.88 Å². The number of ether oxygens (including phenoxy) is 2. The van der Waals surface area contributed by atoms with Gasteiger partial charge in [-0.3, -0.25) is 9.78 Å². The number of benzene rings is 1. The second-order valence-corrected chi connectivity index (χ2v) is 5.35. The van der Waals surface area contributed by atoms with E-state index in [1.165, 1.54) is 0 Å². The summed E-state index contributed by atoms with van der Waals surface area (Å²) in [6.07, 6.45) is 6.44. The average molecular weight is 313 g/mol. The standard InChI is InChI=1S/C17H19N3O3/c1-22-15-5-3-2-4-14(15)17(21)20-10-6-13(7-11-20)23-16-12-18-8-9-19-16/h2-5,8-9,12-13H,6-7,10-11H2,1H3. The van der Waals surface area contributed by atoms with Gasteiger partial charge in [0.25, 0.3) is 5.91 Å². The van der Waals surface area contributed by atoms with Gasteiger partial charge < -0.3 is 14.4 Å². The molecule has 0 aliphatic carbocycles. The first kappa shape index (κ1) is 15.3. The number of carbonyl (C=O) groups excluding carboxylic acids is 1. The fraction of sp³-hybridized carbons (Fsp3) is 0.353. The van der Waals surface area contributed by atoms with E-state index in [1.54, 1.807) is 37.8 Å². The topological polar surface area (TPSA) is 64.5 Å². The van der Waals surface area contributed by atoms with Crippen LogP contribution in [0.25, 0.3) is 0 Å². The summed E-state index contributed by atoms with van der Waals surface area (Å²) in [7, 11) is 1.58. The Labute approximate surface area is 135 Å². The minimum atomic E-state index is 0.000373. The number of hydrogen-bond acceptors (Lipinski definition) is 5. The maximum absolute atomic E-state index is 12.6. The van der Waals surface area contributed by atoms with Crippen molar-refractivity contribution in [3.8, 4) is 11.6 Å². The Morgan fingerprint density at radius 1 is 1.22 bits per heavy atom. The van der Waals surface area contributed by atoms with Crippen LogP contribution in [0.4, 0.5) is 0 Å². The van der Waals surface area contributed by atoms with Crippen molar-refractivity contribution in [3.63, 3.8) is 0 Å². The van der Waals surface area contributed by atoms with Crippen LogP contribution in [0.1, 0.15) is 23.2 Å². The number of methoxy groups -OCH3 is 1. The van der Waals surface area contributed by atoms with Crippen molar-refractivity contribution in [2.24, 2.45) is 0 Å². The third kappa shape index (κ3) is 3.59. The smallest absolute Gasteiger partial charge is 0.257 e. The van der Waals surface area contributed by atoms with Gasteiger partial charge in [0.15, 0.2) is 0 Å². The molecule has 0 saturated carbocycles. The molecule has 1 amide bonds. The summed E-state index contributed by atoms with van der Waals surface area (Å²) in [5.41, 5.74) is 0.600. The number of aromatic nitrogens is 2. The third-order valence-electron chi connectivity index (χ3n) is 3.89. The van der Waals surface area contributed by atoms with Gasteiger partial charge in [0.1, 0.15) is 11.9 Å². The van der Waals surface area contributed by atoms with E-state index in [2.05, 4.69) is 9.97 Å². The zero-order valence-electron chi connectivity index (χ0n) is 13.0. The molecule has 1 aromatic heterocycles. The number of piperidine rings is 1. The normalized spacial score (nSPS) is 15.3. The number of amides is 1. The molecule has 0 N–H and O–H groups in total. The van der Waals surface area contributed by atoms with E-state index in [9.17, 15) is 4.79 Å². The minimum absolute atomic E-state index is 0.000373. The molecule has 1 aromatic carbocycles. The van der Waals surface area contributed by atoms with Gasteiger partial charge in [0.05, 0.1) is 18.9 Å². The maximum Gasteiger partial charge on any atom is 0.257 e. The van der Waals surface area contributed by atoms with Gasteiger partial charge in [-0.2, -0.15) is 0 Å². The zero-order chi connectivity index (χ0) is 16.1. The molecule has 0 spiro atoms. The van der Waals surface area contributed by atoms with Crippen molar-refractivity contribution < 1.29 is 14.3 Å². The lowest BCUT2D eigenvalue weighted by Crippen LogP contribution is -2.42. The van der Waals surface area contributed by atoms with Crippen molar-refractivity contribution in [3.05, 3.63) is 48.4 Å². The van der Waals surface area contributed by atoms with Crippen molar-refractivity contribution in [1.82, 2.24) is 14.9 Å². The number of carbonyl (C=O) groups is 1. The summed E-state index contributed by atoms with van der Waals surface area (Å²) >= 11 is 0. The third-order valence-corrected chi connectivity index (χ3v) is 3.89. The SMILES string of the molecule is COc1ccccc1C(=O)N1CCC(Oc2cnccn2)CC1. The van der Waals surface area contributed by atoms with Crippen LogP contribution in [0.3, 0.4) is 0 Å². The molecule has 6 nitrogen and oxygen atoms in total. The van der Waals surface area contributed by atoms with Crippen LogP contribution in [0, 0.1) is 0 Å². The molecule has 0 bridgehead atoms. The number of para-hydroxylation sites is 1. The first-order chi connectivity index (χ1) is 11.3. The maximum atomic E-state index is 12.6. The monoisotopic (exact) mass is 313 g/mol. The Morgan fingerprint density at radius 3 is 2.70 bits per heavy atom. The molecular formula is C17H19N3O3. The molecule has 3 rings (SSSR count). The summed E-state index contributed by atoms with van der Waals surface area (Å²) in [5, 5.41) is 0. The Balaban J connectivity index is 1.59. The van der Waals surface area contributed by atoms with Crippen molar-refractivity contribution >= 4 is 5.91 Å². The molecule has 0 radical (unpaired) electrons. The van der Waals surface area contributed by atoms with Crippen LogP contribution >= 0.6 is 0 Å². The molecule has 1 aliphatic heterocycles. The van der Waals surface area contributed by atoms with Gasteiger partial charge in [-0.25, -0.2) is 4.98 Å². The van der Waals surface area contributed by atoms with Crippen LogP contribution < -0.4 is 9.47 Å². The van der Waals surface area contributed by atoms with E-state index in [1.807, 2.05) is 17.0 Å². The predicted molar refractivity (Wildman–Crippen MR) is 84.6 cm³/mol. The van der Waals surface area contributed by atoms with Crippen LogP contribution in [0.15, 0.2) is 42.9 Å². The van der Waals surface area contributed by atoms with Crippen LogP contribution in [0.5, 0.6) is 11.6 Å². The highest BCUT2D eigenvalue weighted by Crippen LogP contribution is 2.22. The molecule has 1 aliphatic rings.